The molecule has 2 nitrogen and oxygen atoms in total. The van der Waals surface area contributed by atoms with E-state index in [2.05, 4.69) is 0 Å². The second-order valence-electron chi connectivity index (χ2n) is 3.28. The lowest BCUT2D eigenvalue weighted by Gasteiger charge is -2.06. The number of unbranched alkanes of at least 4 members (excludes halogenated alkanes) is 1. The van der Waals surface area contributed by atoms with E-state index < -0.39 is 0 Å². The van der Waals surface area contributed by atoms with Crippen LogP contribution in [0.15, 0.2) is 18.2 Å². The summed E-state index contributed by atoms with van der Waals surface area (Å²) in [5.41, 5.74) is 6.34. The van der Waals surface area contributed by atoms with Crippen molar-refractivity contribution >= 4 is 23.2 Å². The third kappa shape index (κ3) is 4.85. The van der Waals surface area contributed by atoms with E-state index in [1.54, 1.807) is 6.07 Å². The fourth-order valence-corrected chi connectivity index (χ4v) is 1.63. The van der Waals surface area contributed by atoms with Crippen LogP contribution in [0.5, 0.6) is 0 Å². The molecule has 0 saturated carbocycles. The normalized spacial score (nSPS) is 10.6. The van der Waals surface area contributed by atoms with Crippen LogP contribution in [-0.4, -0.2) is 13.2 Å². The molecule has 0 saturated heterocycles. The van der Waals surface area contributed by atoms with Gasteiger partial charge in [0, 0.05) is 16.7 Å². The van der Waals surface area contributed by atoms with Gasteiger partial charge in [0.25, 0.3) is 0 Å². The number of benzene rings is 1. The Bertz CT molecular complexity index is 305. The standard InChI is InChI=1S/C11H15Cl2NO/c12-10-4-3-9(11(13)7-10)8-15-6-2-1-5-14/h3-4,7H,1-2,5-6,8,14H2. The highest BCUT2D eigenvalue weighted by molar-refractivity contribution is 6.35. The van der Waals surface area contributed by atoms with Crippen molar-refractivity contribution in [2.75, 3.05) is 13.2 Å². The molecule has 0 atom stereocenters. The van der Waals surface area contributed by atoms with Crippen LogP contribution in [0, 0.1) is 0 Å². The van der Waals surface area contributed by atoms with Crippen molar-refractivity contribution in [3.8, 4) is 0 Å². The Balaban J connectivity index is 2.31. The molecule has 84 valence electrons. The van der Waals surface area contributed by atoms with Crippen molar-refractivity contribution in [3.05, 3.63) is 33.8 Å². The Kier molecular flexibility index (Phi) is 6.03. The van der Waals surface area contributed by atoms with Gasteiger partial charge in [0.1, 0.15) is 0 Å². The van der Waals surface area contributed by atoms with Gasteiger partial charge in [-0.15, -0.1) is 0 Å². The van der Waals surface area contributed by atoms with E-state index in [-0.39, 0.29) is 0 Å². The summed E-state index contributed by atoms with van der Waals surface area (Å²) in [5.74, 6) is 0. The molecule has 0 fully saturated rings. The first-order chi connectivity index (χ1) is 7.24. The maximum Gasteiger partial charge on any atom is 0.0731 e. The number of hydrogen-bond donors (Lipinski definition) is 1. The summed E-state index contributed by atoms with van der Waals surface area (Å²) in [5, 5.41) is 1.30. The van der Waals surface area contributed by atoms with Crippen molar-refractivity contribution in [3.63, 3.8) is 0 Å². The highest BCUT2D eigenvalue weighted by Gasteiger charge is 2.00. The lowest BCUT2D eigenvalue weighted by atomic mass is 10.2. The molecule has 0 aliphatic carbocycles. The molecule has 0 aliphatic rings. The molecule has 1 aromatic rings. The minimum atomic E-state index is 0.528. The van der Waals surface area contributed by atoms with Gasteiger partial charge in [-0.1, -0.05) is 29.3 Å². The molecule has 0 aliphatic heterocycles. The minimum absolute atomic E-state index is 0.528. The van der Waals surface area contributed by atoms with Crippen LogP contribution in [0.4, 0.5) is 0 Å². The zero-order valence-electron chi connectivity index (χ0n) is 8.51. The van der Waals surface area contributed by atoms with E-state index in [9.17, 15) is 0 Å². The average Bonchev–Trinajstić information content (AvgIpc) is 2.20. The van der Waals surface area contributed by atoms with Crippen LogP contribution in [0.25, 0.3) is 0 Å². The average molecular weight is 248 g/mol. The number of rotatable bonds is 6. The molecule has 15 heavy (non-hydrogen) atoms. The Morgan fingerprint density at radius 2 is 2.00 bits per heavy atom. The molecule has 2 N–H and O–H groups in total. The Morgan fingerprint density at radius 3 is 2.67 bits per heavy atom. The first kappa shape index (κ1) is 12.8. The van der Waals surface area contributed by atoms with Gasteiger partial charge in [0.15, 0.2) is 0 Å². The summed E-state index contributed by atoms with van der Waals surface area (Å²) in [7, 11) is 0. The van der Waals surface area contributed by atoms with Crippen molar-refractivity contribution in [2.24, 2.45) is 5.73 Å². The minimum Gasteiger partial charge on any atom is -0.377 e. The number of nitrogens with two attached hydrogens (primary N) is 1. The maximum absolute atomic E-state index is 5.99. The quantitative estimate of drug-likeness (QED) is 0.784. The first-order valence-corrected chi connectivity index (χ1v) is 5.71. The molecule has 0 unspecified atom stereocenters. The van der Waals surface area contributed by atoms with Gasteiger partial charge in [-0.05, 0) is 37.1 Å². The van der Waals surface area contributed by atoms with Crippen LogP contribution in [0.1, 0.15) is 18.4 Å². The molecule has 1 rings (SSSR count). The molecule has 0 spiro atoms. The zero-order valence-corrected chi connectivity index (χ0v) is 10.0. The second kappa shape index (κ2) is 7.07. The van der Waals surface area contributed by atoms with E-state index in [1.807, 2.05) is 12.1 Å². The molecule has 4 heteroatoms. The van der Waals surface area contributed by atoms with Crippen LogP contribution in [-0.2, 0) is 11.3 Å². The zero-order chi connectivity index (χ0) is 11.1. The lowest BCUT2D eigenvalue weighted by molar-refractivity contribution is 0.117. The summed E-state index contributed by atoms with van der Waals surface area (Å²) >= 11 is 11.8. The van der Waals surface area contributed by atoms with Crippen LogP contribution in [0.2, 0.25) is 10.0 Å². The Labute approximate surface area is 100 Å². The van der Waals surface area contributed by atoms with Gasteiger partial charge < -0.3 is 10.5 Å². The fraction of sp³-hybridized carbons (Fsp3) is 0.455. The van der Waals surface area contributed by atoms with Crippen LogP contribution in [0.3, 0.4) is 0 Å². The van der Waals surface area contributed by atoms with Gasteiger partial charge >= 0.3 is 0 Å². The smallest absolute Gasteiger partial charge is 0.0731 e. The van der Waals surface area contributed by atoms with E-state index in [1.165, 1.54) is 0 Å². The topological polar surface area (TPSA) is 35.2 Å². The summed E-state index contributed by atoms with van der Waals surface area (Å²) in [6.45, 7) is 1.96. The van der Waals surface area contributed by atoms with Gasteiger partial charge in [0.05, 0.1) is 6.61 Å². The van der Waals surface area contributed by atoms with Crippen molar-refractivity contribution in [1.29, 1.82) is 0 Å². The van der Waals surface area contributed by atoms with Crippen LogP contribution >= 0.6 is 23.2 Å². The molecule has 0 bridgehead atoms. The highest BCUT2D eigenvalue weighted by Crippen LogP contribution is 2.21. The monoisotopic (exact) mass is 247 g/mol. The Hall–Kier alpha value is -0.280. The van der Waals surface area contributed by atoms with E-state index in [4.69, 9.17) is 33.7 Å². The molecular formula is C11H15Cl2NO. The van der Waals surface area contributed by atoms with Crippen molar-refractivity contribution < 1.29 is 4.74 Å². The molecule has 0 amide bonds. The largest absolute Gasteiger partial charge is 0.377 e. The molecule has 0 heterocycles. The molecule has 0 aromatic heterocycles. The Morgan fingerprint density at radius 1 is 1.20 bits per heavy atom. The summed E-state index contributed by atoms with van der Waals surface area (Å²) < 4.78 is 5.46. The molecule has 1 aromatic carbocycles. The number of hydrogen-bond acceptors (Lipinski definition) is 2. The van der Waals surface area contributed by atoms with E-state index >= 15 is 0 Å². The van der Waals surface area contributed by atoms with Gasteiger partial charge in [-0.25, -0.2) is 0 Å². The first-order valence-electron chi connectivity index (χ1n) is 4.96. The summed E-state index contributed by atoms with van der Waals surface area (Å²) in [6, 6.07) is 5.42. The highest BCUT2D eigenvalue weighted by atomic mass is 35.5. The second-order valence-corrected chi connectivity index (χ2v) is 4.13. The third-order valence-corrected chi connectivity index (χ3v) is 2.60. The number of ether oxygens (including phenoxy) is 1. The SMILES string of the molecule is NCCCCOCc1ccc(Cl)cc1Cl. The lowest BCUT2D eigenvalue weighted by Crippen LogP contribution is -2.02. The van der Waals surface area contributed by atoms with E-state index in [0.717, 1.165) is 25.0 Å². The third-order valence-electron chi connectivity index (χ3n) is 2.02. The maximum atomic E-state index is 5.99. The molecular weight excluding hydrogens is 233 g/mol. The predicted molar refractivity (Wildman–Crippen MR) is 64.4 cm³/mol. The number of halogens is 2. The van der Waals surface area contributed by atoms with Gasteiger partial charge in [-0.2, -0.15) is 0 Å². The van der Waals surface area contributed by atoms with Gasteiger partial charge in [-0.3, -0.25) is 0 Å². The predicted octanol–water partition coefficient (Wildman–Crippen LogP) is 3.25. The summed E-state index contributed by atoms with van der Waals surface area (Å²) in [4.78, 5) is 0. The van der Waals surface area contributed by atoms with Crippen LogP contribution < -0.4 is 5.73 Å². The molecule has 0 radical (unpaired) electrons. The fourth-order valence-electron chi connectivity index (χ4n) is 1.17. The van der Waals surface area contributed by atoms with Gasteiger partial charge in [0.2, 0.25) is 0 Å². The van der Waals surface area contributed by atoms with Crippen molar-refractivity contribution in [1.82, 2.24) is 0 Å². The van der Waals surface area contributed by atoms with Crippen molar-refractivity contribution in [2.45, 2.75) is 19.4 Å². The van der Waals surface area contributed by atoms with E-state index in [0.29, 0.717) is 23.2 Å². The summed E-state index contributed by atoms with van der Waals surface area (Å²) in [6.07, 6.45) is 1.98.